The van der Waals surface area contributed by atoms with Crippen LogP contribution in [0.1, 0.15) is 33.1 Å². The zero-order valence-corrected chi connectivity index (χ0v) is 15.7. The summed E-state index contributed by atoms with van der Waals surface area (Å²) >= 11 is 3.26. The largest absolute Gasteiger partial charge is 0.462 e. The molecule has 0 radical (unpaired) electrons. The van der Waals surface area contributed by atoms with Crippen molar-refractivity contribution in [2.24, 2.45) is 0 Å². The molecule has 2 rings (SSSR count). The van der Waals surface area contributed by atoms with Crippen molar-refractivity contribution in [1.82, 2.24) is 0 Å². The summed E-state index contributed by atoms with van der Waals surface area (Å²) in [5, 5.41) is 0. The molecule has 1 heterocycles. The molecule has 0 amide bonds. The third-order valence-corrected chi connectivity index (χ3v) is 6.89. The third-order valence-electron chi connectivity index (χ3n) is 3.96. The molecule has 1 unspecified atom stereocenters. The van der Waals surface area contributed by atoms with Crippen molar-refractivity contribution >= 4 is 31.7 Å². The van der Waals surface area contributed by atoms with E-state index in [1.807, 2.05) is 0 Å². The Hall–Kier alpha value is -0.920. The van der Waals surface area contributed by atoms with Gasteiger partial charge < -0.3 is 9.47 Å². The fraction of sp³-hybridized carbons (Fsp3) is 0.562. The van der Waals surface area contributed by atoms with Gasteiger partial charge in [-0.25, -0.2) is 8.42 Å². The first-order valence-electron chi connectivity index (χ1n) is 7.54. The molecule has 1 fully saturated rings. The van der Waals surface area contributed by atoms with Gasteiger partial charge in [-0.1, -0.05) is 15.9 Å². The smallest absolute Gasteiger partial charge is 0.327 e. The standard InChI is InChI=1S/C16H21BrO5S/c1-16(2,15(18)22-11-13-5-3-4-10-21-13)23(19,20)14-8-6-12(17)7-9-14/h6-9,13H,3-5,10-11H2,1-2H3. The van der Waals surface area contributed by atoms with Gasteiger partial charge in [0.25, 0.3) is 0 Å². The highest BCUT2D eigenvalue weighted by Crippen LogP contribution is 2.28. The highest BCUT2D eigenvalue weighted by atomic mass is 79.9. The molecular formula is C16H21BrO5S. The van der Waals surface area contributed by atoms with Gasteiger partial charge in [0.2, 0.25) is 0 Å². The van der Waals surface area contributed by atoms with Crippen molar-refractivity contribution in [2.75, 3.05) is 13.2 Å². The summed E-state index contributed by atoms with van der Waals surface area (Å²) in [5.74, 6) is -0.755. The fourth-order valence-electron chi connectivity index (χ4n) is 2.30. The van der Waals surface area contributed by atoms with Crippen LogP contribution in [0.5, 0.6) is 0 Å². The summed E-state index contributed by atoms with van der Waals surface area (Å²) in [6.45, 7) is 3.49. The Balaban J connectivity index is 2.08. The van der Waals surface area contributed by atoms with E-state index in [0.717, 1.165) is 23.7 Å². The van der Waals surface area contributed by atoms with E-state index in [-0.39, 0.29) is 17.6 Å². The van der Waals surface area contributed by atoms with Gasteiger partial charge in [0.1, 0.15) is 6.61 Å². The van der Waals surface area contributed by atoms with E-state index in [2.05, 4.69) is 15.9 Å². The average molecular weight is 405 g/mol. The maximum Gasteiger partial charge on any atom is 0.327 e. The van der Waals surface area contributed by atoms with Crippen LogP contribution in [0.4, 0.5) is 0 Å². The first-order valence-corrected chi connectivity index (χ1v) is 9.82. The monoisotopic (exact) mass is 404 g/mol. The molecule has 1 aliphatic heterocycles. The van der Waals surface area contributed by atoms with Crippen LogP contribution in [-0.4, -0.2) is 38.5 Å². The number of carbonyl (C=O) groups is 1. The minimum absolute atomic E-state index is 0.0940. The first-order chi connectivity index (χ1) is 10.7. The second kappa shape index (κ2) is 7.32. The molecule has 0 bridgehead atoms. The molecule has 1 aromatic rings. The summed E-state index contributed by atoms with van der Waals surface area (Å²) in [5.41, 5.74) is 0. The van der Waals surface area contributed by atoms with E-state index < -0.39 is 20.6 Å². The minimum Gasteiger partial charge on any atom is -0.462 e. The zero-order chi connectivity index (χ0) is 17.1. The number of halogens is 1. The SMILES string of the molecule is CC(C)(C(=O)OCC1CCCCO1)S(=O)(=O)c1ccc(Br)cc1. The van der Waals surface area contributed by atoms with Crippen molar-refractivity contribution in [3.05, 3.63) is 28.7 Å². The van der Waals surface area contributed by atoms with Crippen molar-refractivity contribution < 1.29 is 22.7 Å². The molecule has 1 atom stereocenters. The highest BCUT2D eigenvalue weighted by molar-refractivity contribution is 9.10. The predicted molar refractivity (Wildman–Crippen MR) is 90.0 cm³/mol. The molecule has 0 spiro atoms. The number of carbonyl (C=O) groups excluding carboxylic acids is 1. The van der Waals surface area contributed by atoms with Gasteiger partial charge in [-0.3, -0.25) is 4.79 Å². The summed E-state index contributed by atoms with van der Waals surface area (Å²) in [4.78, 5) is 12.4. The van der Waals surface area contributed by atoms with Crippen LogP contribution in [-0.2, 0) is 24.1 Å². The van der Waals surface area contributed by atoms with E-state index in [1.165, 1.54) is 26.0 Å². The lowest BCUT2D eigenvalue weighted by molar-refractivity contribution is -0.151. The lowest BCUT2D eigenvalue weighted by Gasteiger charge is -2.26. The summed E-state index contributed by atoms with van der Waals surface area (Å²) < 4.78 is 35.3. The molecule has 7 heteroatoms. The lowest BCUT2D eigenvalue weighted by Crippen LogP contribution is -2.43. The normalized spacial score (nSPS) is 19.3. The number of benzene rings is 1. The second-order valence-electron chi connectivity index (χ2n) is 6.05. The van der Waals surface area contributed by atoms with Crippen molar-refractivity contribution in [3.63, 3.8) is 0 Å². The Labute approximate surface area is 145 Å². The molecule has 128 valence electrons. The zero-order valence-electron chi connectivity index (χ0n) is 13.2. The van der Waals surface area contributed by atoms with Crippen molar-refractivity contribution in [1.29, 1.82) is 0 Å². The summed E-state index contributed by atoms with van der Waals surface area (Å²) in [7, 11) is -3.84. The van der Waals surface area contributed by atoms with Gasteiger partial charge in [-0.2, -0.15) is 0 Å². The molecular weight excluding hydrogens is 384 g/mol. The van der Waals surface area contributed by atoms with Gasteiger partial charge in [0.05, 0.1) is 11.0 Å². The van der Waals surface area contributed by atoms with Crippen LogP contribution >= 0.6 is 15.9 Å². The minimum atomic E-state index is -3.84. The fourth-order valence-corrected chi connectivity index (χ4v) is 3.93. The Kier molecular flexibility index (Phi) is 5.86. The maximum absolute atomic E-state index is 12.7. The van der Waals surface area contributed by atoms with Crippen LogP contribution in [0.25, 0.3) is 0 Å². The molecule has 1 aliphatic rings. The maximum atomic E-state index is 12.7. The van der Waals surface area contributed by atoms with Gasteiger partial charge in [-0.15, -0.1) is 0 Å². The summed E-state index contributed by atoms with van der Waals surface area (Å²) in [6.07, 6.45) is 2.73. The Morgan fingerprint density at radius 1 is 1.30 bits per heavy atom. The van der Waals surface area contributed by atoms with Gasteiger partial charge in [0, 0.05) is 11.1 Å². The van der Waals surface area contributed by atoms with E-state index in [9.17, 15) is 13.2 Å². The molecule has 0 saturated carbocycles. The predicted octanol–water partition coefficient (Wildman–Crippen LogP) is 3.11. The molecule has 1 aromatic carbocycles. The number of rotatable bonds is 5. The van der Waals surface area contributed by atoms with Crippen LogP contribution in [0, 0.1) is 0 Å². The third kappa shape index (κ3) is 4.14. The Morgan fingerprint density at radius 2 is 1.96 bits per heavy atom. The molecule has 1 saturated heterocycles. The molecule has 0 aromatic heterocycles. The van der Waals surface area contributed by atoms with E-state index >= 15 is 0 Å². The molecule has 0 N–H and O–H groups in total. The van der Waals surface area contributed by atoms with E-state index in [0.29, 0.717) is 6.61 Å². The molecule has 23 heavy (non-hydrogen) atoms. The number of hydrogen-bond donors (Lipinski definition) is 0. The van der Waals surface area contributed by atoms with Gasteiger partial charge >= 0.3 is 5.97 Å². The molecule has 5 nitrogen and oxygen atoms in total. The van der Waals surface area contributed by atoms with Crippen LogP contribution in [0.3, 0.4) is 0 Å². The average Bonchev–Trinajstić information content (AvgIpc) is 2.53. The Bertz CT molecular complexity index is 646. The van der Waals surface area contributed by atoms with Crippen molar-refractivity contribution in [2.45, 2.75) is 48.9 Å². The van der Waals surface area contributed by atoms with Crippen molar-refractivity contribution in [3.8, 4) is 0 Å². The molecule has 0 aliphatic carbocycles. The lowest BCUT2D eigenvalue weighted by atomic mass is 10.1. The Morgan fingerprint density at radius 3 is 2.52 bits per heavy atom. The second-order valence-corrected chi connectivity index (χ2v) is 9.47. The van der Waals surface area contributed by atoms with E-state index in [1.54, 1.807) is 12.1 Å². The number of hydrogen-bond acceptors (Lipinski definition) is 5. The quantitative estimate of drug-likeness (QED) is 0.705. The van der Waals surface area contributed by atoms with E-state index in [4.69, 9.17) is 9.47 Å². The highest BCUT2D eigenvalue weighted by Gasteiger charge is 2.44. The van der Waals surface area contributed by atoms with Crippen LogP contribution in [0.15, 0.2) is 33.6 Å². The van der Waals surface area contributed by atoms with Gasteiger partial charge in [-0.05, 0) is 57.4 Å². The first kappa shape index (κ1) is 18.4. The topological polar surface area (TPSA) is 69.7 Å². The summed E-state index contributed by atoms with van der Waals surface area (Å²) in [6, 6.07) is 6.20. The number of sulfone groups is 1. The number of esters is 1. The van der Waals surface area contributed by atoms with Gasteiger partial charge in [0.15, 0.2) is 14.6 Å². The number of ether oxygens (including phenoxy) is 2. The van der Waals surface area contributed by atoms with Crippen LogP contribution < -0.4 is 0 Å². The van der Waals surface area contributed by atoms with Crippen LogP contribution in [0.2, 0.25) is 0 Å².